The predicted octanol–water partition coefficient (Wildman–Crippen LogP) is 2.78. The van der Waals surface area contributed by atoms with E-state index in [1.807, 2.05) is 27.7 Å². The molecule has 0 aromatic carbocycles. The van der Waals surface area contributed by atoms with E-state index in [1.54, 1.807) is 0 Å². The third kappa shape index (κ3) is 6.84. The molecule has 0 N–H and O–H groups in total. The molecule has 0 amide bonds. The van der Waals surface area contributed by atoms with Gasteiger partial charge in [0, 0.05) is 0 Å². The average Bonchev–Trinajstić information content (AvgIpc) is 2.16. The molecule has 0 radical (unpaired) electrons. The summed E-state index contributed by atoms with van der Waals surface area (Å²) in [7, 11) is -2.93. The third-order valence-electron chi connectivity index (χ3n) is 2.80. The summed E-state index contributed by atoms with van der Waals surface area (Å²) in [4.78, 5) is 0. The summed E-state index contributed by atoms with van der Waals surface area (Å²) < 4.78 is 23.4. The molecule has 0 aliphatic rings. The zero-order valence-corrected chi connectivity index (χ0v) is 11.6. The first-order chi connectivity index (χ1) is 7.22. The molecular weight excluding hydrogens is 222 g/mol. The van der Waals surface area contributed by atoms with Crippen LogP contribution < -0.4 is 0 Å². The normalized spacial score (nSPS) is 14.4. The molecule has 16 heavy (non-hydrogen) atoms. The van der Waals surface area contributed by atoms with E-state index in [-0.39, 0.29) is 17.4 Å². The Hall–Kier alpha value is -0.560. The van der Waals surface area contributed by atoms with Gasteiger partial charge in [0.15, 0.2) is 9.84 Å². The van der Waals surface area contributed by atoms with E-state index in [9.17, 15) is 8.42 Å². The van der Waals surface area contributed by atoms with Gasteiger partial charge in [0.2, 0.25) is 0 Å². The lowest BCUT2D eigenvalue weighted by Gasteiger charge is -2.15. The zero-order chi connectivity index (χ0) is 12.8. The first kappa shape index (κ1) is 15.4. The molecule has 0 aliphatic carbocycles. The summed E-state index contributed by atoms with van der Waals surface area (Å²) in [6.07, 6.45) is 2.12. The standard InChI is InChI=1S/C12H23NO2S/c1-5-11(2)9-16(14,15)8-6-7-12(3,4)10-13/h11H,5-9H2,1-4H3. The Morgan fingerprint density at radius 3 is 2.38 bits per heavy atom. The Labute approximate surface area is 99.8 Å². The molecule has 0 saturated carbocycles. The van der Waals surface area contributed by atoms with Gasteiger partial charge >= 0.3 is 0 Å². The number of sulfone groups is 1. The lowest BCUT2D eigenvalue weighted by Crippen LogP contribution is -2.18. The van der Waals surface area contributed by atoms with Crippen LogP contribution in [0.5, 0.6) is 0 Å². The van der Waals surface area contributed by atoms with E-state index in [2.05, 4.69) is 6.07 Å². The van der Waals surface area contributed by atoms with Crippen molar-refractivity contribution in [3.05, 3.63) is 0 Å². The summed E-state index contributed by atoms with van der Waals surface area (Å²) in [6, 6.07) is 2.18. The van der Waals surface area contributed by atoms with Gasteiger partial charge in [-0.05, 0) is 32.6 Å². The van der Waals surface area contributed by atoms with Gasteiger partial charge < -0.3 is 0 Å². The van der Waals surface area contributed by atoms with Crippen LogP contribution in [0.1, 0.15) is 47.0 Å². The van der Waals surface area contributed by atoms with Gasteiger partial charge in [-0.2, -0.15) is 5.26 Å². The summed E-state index contributed by atoms with van der Waals surface area (Å²) >= 11 is 0. The molecule has 4 heteroatoms. The van der Waals surface area contributed by atoms with Gasteiger partial charge in [-0.15, -0.1) is 0 Å². The number of nitrogens with zero attached hydrogens (tertiary/aromatic N) is 1. The molecule has 0 bridgehead atoms. The van der Waals surface area contributed by atoms with E-state index in [0.29, 0.717) is 12.8 Å². The van der Waals surface area contributed by atoms with Crippen LogP contribution in [0, 0.1) is 22.7 Å². The number of hydrogen-bond donors (Lipinski definition) is 0. The smallest absolute Gasteiger partial charge is 0.150 e. The van der Waals surface area contributed by atoms with Gasteiger partial charge in [0.25, 0.3) is 0 Å². The second kappa shape index (κ2) is 6.24. The van der Waals surface area contributed by atoms with Crippen LogP contribution in [0.15, 0.2) is 0 Å². The van der Waals surface area contributed by atoms with Crippen LogP contribution in [0.3, 0.4) is 0 Å². The Morgan fingerprint density at radius 1 is 1.38 bits per heavy atom. The van der Waals surface area contributed by atoms with Crippen molar-refractivity contribution in [1.29, 1.82) is 5.26 Å². The Morgan fingerprint density at radius 2 is 1.94 bits per heavy atom. The largest absolute Gasteiger partial charge is 0.229 e. The second-order valence-electron chi connectivity index (χ2n) is 5.23. The van der Waals surface area contributed by atoms with Crippen LogP contribution in [0.4, 0.5) is 0 Å². The maximum atomic E-state index is 11.7. The molecule has 0 heterocycles. The lowest BCUT2D eigenvalue weighted by molar-refractivity contribution is 0.444. The first-order valence-corrected chi connectivity index (χ1v) is 7.66. The molecule has 0 spiro atoms. The molecule has 3 nitrogen and oxygen atoms in total. The molecular formula is C12H23NO2S. The first-order valence-electron chi connectivity index (χ1n) is 5.84. The highest BCUT2D eigenvalue weighted by Crippen LogP contribution is 2.21. The van der Waals surface area contributed by atoms with Gasteiger partial charge in [-0.3, -0.25) is 0 Å². The van der Waals surface area contributed by atoms with Crippen molar-refractivity contribution in [3.63, 3.8) is 0 Å². The summed E-state index contributed by atoms with van der Waals surface area (Å²) in [6.45, 7) is 7.64. The molecule has 1 atom stereocenters. The fraction of sp³-hybridized carbons (Fsp3) is 0.917. The minimum absolute atomic E-state index is 0.211. The highest BCUT2D eigenvalue weighted by molar-refractivity contribution is 7.91. The minimum Gasteiger partial charge on any atom is -0.229 e. The number of hydrogen-bond acceptors (Lipinski definition) is 3. The van der Waals surface area contributed by atoms with Gasteiger partial charge in [-0.25, -0.2) is 8.42 Å². The van der Waals surface area contributed by atoms with Crippen molar-refractivity contribution >= 4 is 9.84 Å². The predicted molar refractivity (Wildman–Crippen MR) is 66.7 cm³/mol. The van der Waals surface area contributed by atoms with Crippen molar-refractivity contribution in [2.24, 2.45) is 11.3 Å². The van der Waals surface area contributed by atoms with Crippen molar-refractivity contribution in [3.8, 4) is 6.07 Å². The van der Waals surface area contributed by atoms with E-state index < -0.39 is 15.3 Å². The second-order valence-corrected chi connectivity index (χ2v) is 7.46. The summed E-state index contributed by atoms with van der Waals surface area (Å²) in [5, 5.41) is 8.81. The van der Waals surface area contributed by atoms with Crippen LogP contribution >= 0.6 is 0 Å². The van der Waals surface area contributed by atoms with Gasteiger partial charge in [0.05, 0.1) is 23.0 Å². The molecule has 0 rings (SSSR count). The summed E-state index contributed by atoms with van der Waals surface area (Å²) in [5.74, 6) is 0.716. The number of rotatable bonds is 7. The fourth-order valence-corrected chi connectivity index (χ4v) is 3.28. The lowest BCUT2D eigenvalue weighted by atomic mass is 9.90. The Bertz CT molecular complexity index is 339. The van der Waals surface area contributed by atoms with Crippen LogP contribution in [0.25, 0.3) is 0 Å². The highest BCUT2D eigenvalue weighted by atomic mass is 32.2. The fourth-order valence-electron chi connectivity index (χ4n) is 1.42. The van der Waals surface area contributed by atoms with Crippen molar-refractivity contribution < 1.29 is 8.42 Å². The maximum absolute atomic E-state index is 11.7. The molecule has 0 aromatic rings. The van der Waals surface area contributed by atoms with Crippen LogP contribution in [-0.4, -0.2) is 19.9 Å². The van der Waals surface area contributed by atoms with E-state index in [1.165, 1.54) is 0 Å². The third-order valence-corrected chi connectivity index (χ3v) is 4.78. The van der Waals surface area contributed by atoms with E-state index in [0.717, 1.165) is 6.42 Å². The van der Waals surface area contributed by atoms with E-state index in [4.69, 9.17) is 5.26 Å². The molecule has 0 saturated heterocycles. The van der Waals surface area contributed by atoms with Crippen LogP contribution in [-0.2, 0) is 9.84 Å². The minimum atomic E-state index is -2.93. The van der Waals surface area contributed by atoms with Gasteiger partial charge in [-0.1, -0.05) is 20.3 Å². The highest BCUT2D eigenvalue weighted by Gasteiger charge is 2.19. The monoisotopic (exact) mass is 245 g/mol. The zero-order valence-electron chi connectivity index (χ0n) is 10.8. The van der Waals surface area contributed by atoms with Crippen LogP contribution in [0.2, 0.25) is 0 Å². The molecule has 94 valence electrons. The Kier molecular flexibility index (Phi) is 6.02. The number of nitriles is 1. The Balaban J connectivity index is 4.08. The topological polar surface area (TPSA) is 57.9 Å². The molecule has 0 aliphatic heterocycles. The van der Waals surface area contributed by atoms with Crippen molar-refractivity contribution in [2.45, 2.75) is 47.0 Å². The van der Waals surface area contributed by atoms with E-state index >= 15 is 0 Å². The van der Waals surface area contributed by atoms with Crippen molar-refractivity contribution in [1.82, 2.24) is 0 Å². The quantitative estimate of drug-likeness (QED) is 0.693. The molecule has 0 aromatic heterocycles. The SMILES string of the molecule is CCC(C)CS(=O)(=O)CCCC(C)(C)C#N. The molecule has 1 unspecified atom stereocenters. The molecule has 0 fully saturated rings. The summed E-state index contributed by atoms with van der Waals surface area (Å²) in [5.41, 5.74) is -0.411. The van der Waals surface area contributed by atoms with Crippen molar-refractivity contribution in [2.75, 3.05) is 11.5 Å². The average molecular weight is 245 g/mol. The van der Waals surface area contributed by atoms with Gasteiger partial charge in [0.1, 0.15) is 0 Å². The maximum Gasteiger partial charge on any atom is 0.150 e.